The molecule has 0 spiro atoms. The molecule has 7 nitrogen and oxygen atoms in total. The fourth-order valence-corrected chi connectivity index (χ4v) is 6.08. The van der Waals surface area contributed by atoms with Gasteiger partial charge in [0.25, 0.3) is 5.91 Å². The summed E-state index contributed by atoms with van der Waals surface area (Å²) in [7, 11) is -1.64. The van der Waals surface area contributed by atoms with Crippen molar-refractivity contribution in [1.82, 2.24) is 9.21 Å². The van der Waals surface area contributed by atoms with Gasteiger partial charge in [0.05, 0.1) is 4.90 Å². The molecule has 33 heavy (non-hydrogen) atoms. The van der Waals surface area contributed by atoms with Crippen LogP contribution in [-0.2, 0) is 27.7 Å². The molecule has 1 N–H and O–H groups in total. The third-order valence-electron chi connectivity index (χ3n) is 6.54. The monoisotopic (exact) mass is 471 g/mol. The number of benzene rings is 2. The van der Waals surface area contributed by atoms with Crippen LogP contribution in [0, 0.1) is 6.92 Å². The minimum Gasteiger partial charge on any atom is -0.481 e. The molecule has 2 aromatic rings. The normalized spacial score (nSPS) is 18.4. The number of hydrogen-bond acceptors (Lipinski definition) is 5. The van der Waals surface area contributed by atoms with Crippen LogP contribution >= 0.6 is 0 Å². The van der Waals surface area contributed by atoms with Crippen molar-refractivity contribution >= 4 is 21.6 Å². The van der Waals surface area contributed by atoms with E-state index in [1.165, 1.54) is 28.3 Å². The molecule has 1 saturated heterocycles. The van der Waals surface area contributed by atoms with Crippen molar-refractivity contribution in [3.63, 3.8) is 0 Å². The third-order valence-corrected chi connectivity index (χ3v) is 8.58. The van der Waals surface area contributed by atoms with Crippen LogP contribution in [0.5, 0.6) is 5.75 Å². The van der Waals surface area contributed by atoms with E-state index in [-0.39, 0.29) is 10.8 Å². The van der Waals surface area contributed by atoms with Crippen LogP contribution < -0.4 is 10.1 Å². The molecule has 2 aliphatic rings. The Labute approximate surface area is 196 Å². The van der Waals surface area contributed by atoms with Gasteiger partial charge in [0.2, 0.25) is 10.0 Å². The van der Waals surface area contributed by atoms with Gasteiger partial charge in [0.1, 0.15) is 5.75 Å². The van der Waals surface area contributed by atoms with E-state index in [2.05, 4.69) is 16.3 Å². The maximum Gasteiger partial charge on any atom is 0.265 e. The smallest absolute Gasteiger partial charge is 0.265 e. The van der Waals surface area contributed by atoms with Gasteiger partial charge in [-0.25, -0.2) is 8.42 Å². The summed E-state index contributed by atoms with van der Waals surface area (Å²) in [6.07, 6.45) is 3.82. The molecule has 1 aliphatic heterocycles. The van der Waals surface area contributed by atoms with E-state index in [4.69, 9.17) is 4.74 Å². The summed E-state index contributed by atoms with van der Waals surface area (Å²) in [5.74, 6) is 0.361. The second-order valence-electron chi connectivity index (χ2n) is 9.07. The summed E-state index contributed by atoms with van der Waals surface area (Å²) < 4.78 is 33.8. The first-order chi connectivity index (χ1) is 15.7. The fraction of sp³-hybridized carbons (Fsp3) is 0.480. The number of likely N-dealkylation sites (N-methyl/N-ethyl adjacent to an activating group) is 1. The van der Waals surface area contributed by atoms with Gasteiger partial charge in [-0.15, -0.1) is 0 Å². The highest BCUT2D eigenvalue weighted by Crippen LogP contribution is 2.27. The Morgan fingerprint density at radius 2 is 1.70 bits per heavy atom. The van der Waals surface area contributed by atoms with Gasteiger partial charge in [0, 0.05) is 31.9 Å². The van der Waals surface area contributed by atoms with Crippen molar-refractivity contribution in [3.05, 3.63) is 53.1 Å². The lowest BCUT2D eigenvalue weighted by molar-refractivity contribution is -0.122. The molecule has 1 atom stereocenters. The van der Waals surface area contributed by atoms with Gasteiger partial charge in [-0.2, -0.15) is 4.31 Å². The number of ether oxygens (including phenoxy) is 1. The number of amides is 1. The van der Waals surface area contributed by atoms with Crippen molar-refractivity contribution in [2.45, 2.75) is 50.5 Å². The molecule has 0 saturated carbocycles. The van der Waals surface area contributed by atoms with Crippen LogP contribution in [0.3, 0.4) is 0 Å². The Morgan fingerprint density at radius 1 is 1.00 bits per heavy atom. The lowest BCUT2D eigenvalue weighted by atomic mass is 9.92. The highest BCUT2D eigenvalue weighted by atomic mass is 32.2. The van der Waals surface area contributed by atoms with Crippen LogP contribution in [0.1, 0.15) is 36.5 Å². The summed E-state index contributed by atoms with van der Waals surface area (Å²) in [5.41, 5.74) is 3.76. The molecule has 1 aliphatic carbocycles. The molecular formula is C25H33N3O4S. The summed E-state index contributed by atoms with van der Waals surface area (Å²) in [4.78, 5) is 15.1. The molecular weight excluding hydrogens is 438 g/mol. The molecule has 2 aromatic carbocycles. The Bertz CT molecular complexity index is 1120. The van der Waals surface area contributed by atoms with Gasteiger partial charge in [-0.3, -0.25) is 4.79 Å². The summed E-state index contributed by atoms with van der Waals surface area (Å²) >= 11 is 0. The molecule has 178 valence electrons. The van der Waals surface area contributed by atoms with E-state index in [1.54, 1.807) is 32.0 Å². The zero-order valence-electron chi connectivity index (χ0n) is 19.6. The first kappa shape index (κ1) is 23.7. The Hall–Kier alpha value is -2.42. The Kier molecular flexibility index (Phi) is 7.07. The van der Waals surface area contributed by atoms with Gasteiger partial charge in [-0.1, -0.05) is 12.1 Å². The van der Waals surface area contributed by atoms with E-state index in [9.17, 15) is 13.2 Å². The standard InChI is InChI=1S/C25H33N3O4S/c1-18-8-10-22(17-24(18)33(30,31)28-14-12-27(3)13-15-28)26-25(29)19(2)32-23-11-9-20-6-4-5-7-21(20)16-23/h8-11,16-17,19H,4-7,12-15H2,1-3H3,(H,26,29)/t19-/m0/s1. The van der Waals surface area contributed by atoms with Crippen LogP contribution in [0.25, 0.3) is 0 Å². The third kappa shape index (κ3) is 5.39. The number of hydrogen-bond donors (Lipinski definition) is 1. The number of anilines is 1. The highest BCUT2D eigenvalue weighted by Gasteiger charge is 2.29. The van der Waals surface area contributed by atoms with E-state index >= 15 is 0 Å². The number of fused-ring (bicyclic) bond motifs is 1. The van der Waals surface area contributed by atoms with Crippen molar-refractivity contribution < 1.29 is 17.9 Å². The van der Waals surface area contributed by atoms with Crippen LogP contribution in [0.15, 0.2) is 41.3 Å². The number of carbonyl (C=O) groups excluding carboxylic acids is 1. The minimum atomic E-state index is -3.63. The lowest BCUT2D eigenvalue weighted by Gasteiger charge is -2.32. The van der Waals surface area contributed by atoms with Crippen LogP contribution in [-0.4, -0.2) is 62.9 Å². The number of carbonyl (C=O) groups is 1. The van der Waals surface area contributed by atoms with E-state index in [1.807, 2.05) is 19.2 Å². The molecule has 4 rings (SSSR count). The number of aryl methyl sites for hydroxylation is 3. The van der Waals surface area contributed by atoms with E-state index in [0.29, 0.717) is 43.2 Å². The predicted molar refractivity (Wildman–Crippen MR) is 129 cm³/mol. The number of rotatable bonds is 6. The lowest BCUT2D eigenvalue weighted by Crippen LogP contribution is -2.47. The largest absolute Gasteiger partial charge is 0.481 e. The number of piperazine rings is 1. The molecule has 0 aromatic heterocycles. The average Bonchev–Trinajstić information content (AvgIpc) is 2.80. The zero-order valence-corrected chi connectivity index (χ0v) is 20.5. The number of sulfonamides is 1. The molecule has 0 bridgehead atoms. The van der Waals surface area contributed by atoms with Crippen LogP contribution in [0.4, 0.5) is 5.69 Å². The first-order valence-electron chi connectivity index (χ1n) is 11.6. The Balaban J connectivity index is 1.45. The fourth-order valence-electron chi connectivity index (χ4n) is 4.41. The van der Waals surface area contributed by atoms with Gasteiger partial charge in [-0.05, 0) is 87.5 Å². The van der Waals surface area contributed by atoms with E-state index < -0.39 is 16.1 Å². The van der Waals surface area contributed by atoms with Crippen molar-refractivity contribution in [2.24, 2.45) is 0 Å². The average molecular weight is 472 g/mol. The predicted octanol–water partition coefficient (Wildman–Crippen LogP) is 3.22. The molecule has 1 fully saturated rings. The zero-order chi connectivity index (χ0) is 23.6. The van der Waals surface area contributed by atoms with Gasteiger partial charge in [0.15, 0.2) is 6.10 Å². The maximum absolute atomic E-state index is 13.2. The van der Waals surface area contributed by atoms with Gasteiger partial charge < -0.3 is 15.0 Å². The SMILES string of the molecule is Cc1ccc(NC(=O)[C@H](C)Oc2ccc3c(c2)CCCC3)cc1S(=O)(=O)N1CCN(C)CC1. The highest BCUT2D eigenvalue weighted by molar-refractivity contribution is 7.89. The minimum absolute atomic E-state index is 0.230. The first-order valence-corrected chi connectivity index (χ1v) is 13.1. The molecule has 0 radical (unpaired) electrons. The topological polar surface area (TPSA) is 78.9 Å². The van der Waals surface area contributed by atoms with Crippen molar-refractivity contribution in [1.29, 1.82) is 0 Å². The summed E-state index contributed by atoms with van der Waals surface area (Å²) in [6.45, 7) is 5.79. The Morgan fingerprint density at radius 3 is 2.42 bits per heavy atom. The quantitative estimate of drug-likeness (QED) is 0.700. The van der Waals surface area contributed by atoms with Crippen LogP contribution in [0.2, 0.25) is 0 Å². The second-order valence-corrected chi connectivity index (χ2v) is 11.0. The van der Waals surface area contributed by atoms with Crippen molar-refractivity contribution in [3.8, 4) is 5.75 Å². The van der Waals surface area contributed by atoms with Crippen molar-refractivity contribution in [2.75, 3.05) is 38.5 Å². The van der Waals surface area contributed by atoms with E-state index in [0.717, 1.165) is 12.8 Å². The maximum atomic E-state index is 13.2. The number of nitrogens with one attached hydrogen (secondary N) is 1. The van der Waals surface area contributed by atoms with Gasteiger partial charge >= 0.3 is 0 Å². The second kappa shape index (κ2) is 9.83. The molecule has 1 amide bonds. The molecule has 1 heterocycles. The summed E-state index contributed by atoms with van der Waals surface area (Å²) in [5, 5.41) is 2.82. The molecule has 0 unspecified atom stereocenters. The summed E-state index contributed by atoms with van der Waals surface area (Å²) in [6, 6.07) is 11.0. The number of nitrogens with zero attached hydrogens (tertiary/aromatic N) is 2. The molecule has 8 heteroatoms.